The van der Waals surface area contributed by atoms with Gasteiger partial charge in [0.2, 0.25) is 15.9 Å². The fourth-order valence-electron chi connectivity index (χ4n) is 5.20. The lowest BCUT2D eigenvalue weighted by Gasteiger charge is -2.36. The average Bonchev–Trinajstić information content (AvgIpc) is 3.28. The van der Waals surface area contributed by atoms with Crippen LogP contribution in [0.4, 0.5) is 13.2 Å². The van der Waals surface area contributed by atoms with E-state index in [9.17, 15) is 31.2 Å². The molecule has 0 aromatic carbocycles. The highest BCUT2D eigenvalue weighted by atomic mass is 32.2. The average molecular weight is 527 g/mol. The number of alkyl halides is 3. The zero-order valence-corrected chi connectivity index (χ0v) is 21.0. The van der Waals surface area contributed by atoms with E-state index in [4.69, 9.17) is 4.42 Å². The molecule has 0 N–H and O–H groups in total. The van der Waals surface area contributed by atoms with Gasteiger partial charge in [-0.2, -0.15) is 17.5 Å². The van der Waals surface area contributed by atoms with Crippen molar-refractivity contribution < 1.29 is 35.6 Å². The van der Waals surface area contributed by atoms with Crippen LogP contribution in [0.25, 0.3) is 5.57 Å². The number of piperazine rings is 1. The molecular formula is C25H29F3N2O5S. The smallest absolute Gasteiger partial charge is 0.416 e. The maximum absolute atomic E-state index is 14.3. The van der Waals surface area contributed by atoms with Gasteiger partial charge in [-0.1, -0.05) is 13.0 Å². The summed E-state index contributed by atoms with van der Waals surface area (Å²) in [6.07, 6.45) is 2.65. The molecule has 4 rings (SSSR count). The van der Waals surface area contributed by atoms with Gasteiger partial charge in [0, 0.05) is 37.3 Å². The van der Waals surface area contributed by atoms with E-state index < -0.39 is 45.3 Å². The van der Waals surface area contributed by atoms with Crippen molar-refractivity contribution in [3.63, 3.8) is 0 Å². The molecule has 196 valence electrons. The van der Waals surface area contributed by atoms with Crippen molar-refractivity contribution in [1.82, 2.24) is 9.21 Å². The van der Waals surface area contributed by atoms with Gasteiger partial charge in [-0.15, -0.1) is 0 Å². The Morgan fingerprint density at radius 3 is 2.39 bits per heavy atom. The quantitative estimate of drug-likeness (QED) is 0.557. The maximum Gasteiger partial charge on any atom is 0.416 e. The summed E-state index contributed by atoms with van der Waals surface area (Å²) in [7, 11) is -3.39. The van der Waals surface area contributed by atoms with Gasteiger partial charge in [-0.25, -0.2) is 8.42 Å². The highest BCUT2D eigenvalue weighted by Crippen LogP contribution is 2.43. The number of amides is 1. The lowest BCUT2D eigenvalue weighted by Crippen LogP contribution is -2.53. The highest BCUT2D eigenvalue weighted by Gasteiger charge is 2.44. The van der Waals surface area contributed by atoms with Gasteiger partial charge in [0.05, 0.1) is 24.4 Å². The minimum absolute atomic E-state index is 0.0364. The lowest BCUT2D eigenvalue weighted by atomic mass is 9.83. The number of carbonyl (C=O) groups excluding carboxylic acids is 2. The fourth-order valence-corrected chi connectivity index (χ4v) is 6.03. The molecule has 1 fully saturated rings. The van der Waals surface area contributed by atoms with Crippen LogP contribution >= 0.6 is 0 Å². The van der Waals surface area contributed by atoms with E-state index in [2.05, 4.69) is 0 Å². The Hall–Kier alpha value is -2.66. The Morgan fingerprint density at radius 2 is 1.81 bits per heavy atom. The Labute approximate surface area is 208 Å². The van der Waals surface area contributed by atoms with Gasteiger partial charge in [0.15, 0.2) is 5.78 Å². The van der Waals surface area contributed by atoms with Gasteiger partial charge in [0.25, 0.3) is 0 Å². The number of sulfonamides is 1. The SMILES string of the molecule is CC1CCC2=C(CCC=C(c3ccoc3)/C=C\2C(F)(F)F)C(=O)C1C(=O)N1CCN(S(C)(=O)=O)CC1. The van der Waals surface area contributed by atoms with Crippen molar-refractivity contribution in [2.75, 3.05) is 32.4 Å². The third-order valence-electron chi connectivity index (χ3n) is 7.19. The fraction of sp³-hybridized carbons (Fsp3) is 0.520. The molecule has 0 saturated carbocycles. The van der Waals surface area contributed by atoms with Crippen LogP contribution in [-0.2, 0) is 19.6 Å². The van der Waals surface area contributed by atoms with E-state index in [1.54, 1.807) is 19.1 Å². The molecule has 0 spiro atoms. The standard InChI is InChI=1S/C25H29F3N2O5S/c1-16-6-7-19-20(5-3-4-17(18-8-13-35-15-18)14-21(19)25(26,27)28)23(31)22(16)24(32)29-9-11-30(12-10-29)36(2,33)34/h4,8,13-16,22H,3,5-7,9-12H2,1-2H3/b17-4?,21-14+. The number of rotatable bonds is 3. The van der Waals surface area contributed by atoms with Gasteiger partial charge in [-0.05, 0) is 54.9 Å². The number of Topliss-reactive ketones (excluding diaryl/α,β-unsaturated/α-hetero) is 1. The molecular weight excluding hydrogens is 497 g/mol. The molecule has 1 amide bonds. The number of ketones is 1. The lowest BCUT2D eigenvalue weighted by molar-refractivity contribution is -0.143. The van der Waals surface area contributed by atoms with Crippen LogP contribution in [0.5, 0.6) is 0 Å². The molecule has 2 aliphatic carbocycles. The van der Waals surface area contributed by atoms with Gasteiger partial charge < -0.3 is 9.32 Å². The van der Waals surface area contributed by atoms with E-state index in [1.807, 2.05) is 0 Å². The molecule has 1 aliphatic heterocycles. The molecule has 1 saturated heterocycles. The number of hydrogen-bond donors (Lipinski definition) is 0. The van der Waals surface area contributed by atoms with E-state index >= 15 is 0 Å². The summed E-state index contributed by atoms with van der Waals surface area (Å²) in [5, 5.41) is 0. The number of halogens is 3. The number of furan rings is 1. The van der Waals surface area contributed by atoms with Crippen molar-refractivity contribution in [2.45, 2.75) is 38.8 Å². The Bertz CT molecular complexity index is 1220. The first-order valence-corrected chi connectivity index (χ1v) is 13.7. The molecule has 7 nitrogen and oxygen atoms in total. The molecule has 2 heterocycles. The first-order valence-electron chi connectivity index (χ1n) is 11.9. The van der Waals surface area contributed by atoms with E-state index in [-0.39, 0.29) is 56.6 Å². The molecule has 1 aromatic rings. The minimum Gasteiger partial charge on any atom is -0.472 e. The highest BCUT2D eigenvalue weighted by molar-refractivity contribution is 7.88. The maximum atomic E-state index is 14.3. The second kappa shape index (κ2) is 10.0. The second-order valence-electron chi connectivity index (χ2n) is 9.57. The summed E-state index contributed by atoms with van der Waals surface area (Å²) in [4.78, 5) is 28.6. The van der Waals surface area contributed by atoms with Crippen LogP contribution in [0.2, 0.25) is 0 Å². The van der Waals surface area contributed by atoms with Crippen LogP contribution in [0.15, 0.2) is 51.9 Å². The summed E-state index contributed by atoms with van der Waals surface area (Å²) in [6, 6.07) is 1.59. The third-order valence-corrected chi connectivity index (χ3v) is 8.49. The van der Waals surface area contributed by atoms with E-state index in [0.717, 1.165) is 12.3 Å². The predicted molar refractivity (Wildman–Crippen MR) is 127 cm³/mol. The predicted octanol–water partition coefficient (Wildman–Crippen LogP) is 3.96. The van der Waals surface area contributed by atoms with Crippen molar-refractivity contribution in [1.29, 1.82) is 0 Å². The van der Waals surface area contributed by atoms with Crippen LogP contribution < -0.4 is 0 Å². The monoisotopic (exact) mass is 526 g/mol. The Balaban J connectivity index is 1.67. The van der Waals surface area contributed by atoms with Gasteiger partial charge in [-0.3, -0.25) is 9.59 Å². The van der Waals surface area contributed by atoms with Crippen molar-refractivity contribution in [3.8, 4) is 0 Å². The minimum atomic E-state index is -4.68. The number of carbonyl (C=O) groups is 2. The van der Waals surface area contributed by atoms with Crippen LogP contribution in [0, 0.1) is 11.8 Å². The van der Waals surface area contributed by atoms with Crippen molar-refractivity contribution >= 4 is 27.3 Å². The molecule has 11 heteroatoms. The molecule has 1 aromatic heterocycles. The van der Waals surface area contributed by atoms with Crippen LogP contribution in [0.3, 0.4) is 0 Å². The van der Waals surface area contributed by atoms with Crippen LogP contribution in [0.1, 0.15) is 38.2 Å². The first-order chi connectivity index (χ1) is 16.9. The van der Waals surface area contributed by atoms with Crippen molar-refractivity contribution in [3.05, 3.63) is 53.0 Å². The Kier molecular flexibility index (Phi) is 7.34. The number of nitrogens with zero attached hydrogens (tertiary/aromatic N) is 2. The molecule has 2 unspecified atom stereocenters. The zero-order chi connectivity index (χ0) is 26.3. The van der Waals surface area contributed by atoms with E-state index in [0.29, 0.717) is 17.6 Å². The third kappa shape index (κ3) is 5.36. The summed E-state index contributed by atoms with van der Waals surface area (Å²) in [5.74, 6) is -2.54. The Morgan fingerprint density at radius 1 is 1.11 bits per heavy atom. The number of hydrogen-bond acceptors (Lipinski definition) is 5. The molecule has 36 heavy (non-hydrogen) atoms. The van der Waals surface area contributed by atoms with Crippen molar-refractivity contribution in [2.24, 2.45) is 11.8 Å². The summed E-state index contributed by atoms with van der Waals surface area (Å²) in [5.41, 5.74) is 0.0726. The summed E-state index contributed by atoms with van der Waals surface area (Å²) < 4.78 is 72.8. The zero-order valence-electron chi connectivity index (χ0n) is 20.2. The molecule has 0 radical (unpaired) electrons. The second-order valence-corrected chi connectivity index (χ2v) is 11.6. The molecule has 2 atom stereocenters. The van der Waals surface area contributed by atoms with Gasteiger partial charge >= 0.3 is 6.18 Å². The number of allylic oxidation sites excluding steroid dienone is 6. The molecule has 0 bridgehead atoms. The summed E-state index contributed by atoms with van der Waals surface area (Å²) >= 11 is 0. The van der Waals surface area contributed by atoms with E-state index in [1.165, 1.54) is 21.7 Å². The first kappa shape index (κ1) is 26.4. The normalized spacial score (nSPS) is 26.4. The topological polar surface area (TPSA) is 87.9 Å². The summed E-state index contributed by atoms with van der Waals surface area (Å²) in [6.45, 7) is 2.24. The molecule has 3 aliphatic rings. The van der Waals surface area contributed by atoms with Crippen LogP contribution in [-0.4, -0.2) is 67.9 Å². The van der Waals surface area contributed by atoms with Gasteiger partial charge in [0.1, 0.15) is 5.92 Å². The largest absolute Gasteiger partial charge is 0.472 e.